The van der Waals surface area contributed by atoms with Crippen molar-refractivity contribution in [3.05, 3.63) is 12.7 Å². The van der Waals surface area contributed by atoms with E-state index in [1.165, 1.54) is 51.9 Å². The van der Waals surface area contributed by atoms with Crippen LogP contribution < -0.4 is 5.32 Å². The number of ether oxygens (including phenoxy) is 1. The Bertz CT molecular complexity index is 498. The van der Waals surface area contributed by atoms with Gasteiger partial charge in [-0.05, 0) is 38.8 Å². The molecule has 9 heteroatoms. The lowest BCUT2D eigenvalue weighted by molar-refractivity contribution is -0.123. The van der Waals surface area contributed by atoms with Gasteiger partial charge in [-0.2, -0.15) is 5.10 Å². The molecule has 3 fully saturated rings. The Morgan fingerprint density at radius 3 is 2.54 bits per heavy atom. The molecule has 1 aromatic heterocycles. The average Bonchev–Trinajstić information content (AvgIpc) is 3.15. The second-order valence-electron chi connectivity index (χ2n) is 7.46. The van der Waals surface area contributed by atoms with Gasteiger partial charge in [-0.25, -0.2) is 4.98 Å². The maximum atomic E-state index is 6.24. The lowest BCUT2D eigenvalue weighted by Gasteiger charge is -2.48. The zero-order valence-corrected chi connectivity index (χ0v) is 17.0. The highest BCUT2D eigenvalue weighted by Crippen LogP contribution is 2.35. The van der Waals surface area contributed by atoms with Gasteiger partial charge in [0.2, 0.25) is 0 Å². The van der Waals surface area contributed by atoms with Crippen LogP contribution in [0, 0.1) is 0 Å². The highest BCUT2D eigenvalue weighted by Gasteiger charge is 2.40. The first-order valence-electron chi connectivity index (χ1n) is 9.47. The summed E-state index contributed by atoms with van der Waals surface area (Å²) in [7, 11) is 0. The molecule has 0 radical (unpaired) electrons. The smallest absolute Gasteiger partial charge is 0.137 e. The Kier molecular flexibility index (Phi) is 8.57. The first kappa shape index (κ1) is 21.9. The van der Waals surface area contributed by atoms with Gasteiger partial charge in [0.15, 0.2) is 0 Å². The summed E-state index contributed by atoms with van der Waals surface area (Å²) in [5, 5.41) is 7.66. The molecule has 1 N–H and O–H groups in total. The predicted molar refractivity (Wildman–Crippen MR) is 106 cm³/mol. The highest BCUT2D eigenvalue weighted by atomic mass is 35.5. The molecule has 0 bridgehead atoms. The van der Waals surface area contributed by atoms with Gasteiger partial charge in [0.05, 0.1) is 12.1 Å². The standard InChI is InChI=1S/C17H30N6O.2ClH/c1-12-24-17(2-4-18-5-3-17)13-16(1)22-9-6-21(7-10-22)8-11-23-15-19-14-20-23;;/h14-16,18H,1-13H2;2*1H. The van der Waals surface area contributed by atoms with Crippen LogP contribution in [0.25, 0.3) is 0 Å². The van der Waals surface area contributed by atoms with Crippen molar-refractivity contribution < 1.29 is 4.74 Å². The number of hydrogen-bond acceptors (Lipinski definition) is 6. The van der Waals surface area contributed by atoms with Gasteiger partial charge in [-0.3, -0.25) is 14.5 Å². The largest absolute Gasteiger partial charge is 0.375 e. The first-order chi connectivity index (χ1) is 11.8. The first-order valence-corrected chi connectivity index (χ1v) is 9.47. The van der Waals surface area contributed by atoms with Crippen molar-refractivity contribution in [3.63, 3.8) is 0 Å². The van der Waals surface area contributed by atoms with Crippen LogP contribution in [0.3, 0.4) is 0 Å². The third-order valence-electron chi connectivity index (χ3n) is 6.02. The Morgan fingerprint density at radius 2 is 1.85 bits per heavy atom. The van der Waals surface area contributed by atoms with Crippen LogP contribution in [0.4, 0.5) is 0 Å². The molecular weight excluding hydrogens is 375 g/mol. The molecule has 0 aromatic carbocycles. The molecule has 3 aliphatic rings. The zero-order valence-electron chi connectivity index (χ0n) is 15.4. The number of aromatic nitrogens is 3. The minimum Gasteiger partial charge on any atom is -0.375 e. The Labute approximate surface area is 168 Å². The highest BCUT2D eigenvalue weighted by molar-refractivity contribution is 5.85. The van der Waals surface area contributed by atoms with Gasteiger partial charge in [0.25, 0.3) is 0 Å². The summed E-state index contributed by atoms with van der Waals surface area (Å²) in [5.41, 5.74) is 0.165. The number of nitrogens with one attached hydrogen (secondary N) is 1. The van der Waals surface area contributed by atoms with Crippen molar-refractivity contribution >= 4 is 24.8 Å². The Hall–Kier alpha value is -0.440. The van der Waals surface area contributed by atoms with E-state index in [2.05, 4.69) is 25.2 Å². The summed E-state index contributed by atoms with van der Waals surface area (Å²) in [4.78, 5) is 9.28. The Morgan fingerprint density at radius 1 is 1.08 bits per heavy atom. The van der Waals surface area contributed by atoms with Gasteiger partial charge < -0.3 is 10.1 Å². The van der Waals surface area contributed by atoms with E-state index in [4.69, 9.17) is 4.74 Å². The van der Waals surface area contributed by atoms with Crippen molar-refractivity contribution in [2.75, 3.05) is 52.4 Å². The quantitative estimate of drug-likeness (QED) is 0.805. The second kappa shape index (κ2) is 10.2. The third kappa shape index (κ3) is 5.30. The number of piperazine rings is 1. The summed E-state index contributed by atoms with van der Waals surface area (Å²) in [5.74, 6) is 0. The van der Waals surface area contributed by atoms with Crippen molar-refractivity contribution in [2.24, 2.45) is 0 Å². The van der Waals surface area contributed by atoms with E-state index in [1.54, 1.807) is 12.7 Å². The van der Waals surface area contributed by atoms with Gasteiger partial charge >= 0.3 is 0 Å². The molecule has 3 aliphatic heterocycles. The maximum Gasteiger partial charge on any atom is 0.137 e. The van der Waals surface area contributed by atoms with E-state index >= 15 is 0 Å². The van der Waals surface area contributed by atoms with Crippen LogP contribution in [-0.2, 0) is 11.3 Å². The van der Waals surface area contributed by atoms with Gasteiger partial charge in [-0.1, -0.05) is 0 Å². The van der Waals surface area contributed by atoms with Crippen LogP contribution in [-0.4, -0.2) is 88.6 Å². The van der Waals surface area contributed by atoms with Crippen LogP contribution in [0.15, 0.2) is 12.7 Å². The maximum absolute atomic E-state index is 6.24. The topological polar surface area (TPSA) is 58.5 Å². The molecule has 3 saturated heterocycles. The SMILES string of the molecule is Cl.Cl.c1ncn(CCN2CCN(C3CCOC4(CCNCC4)C3)CC2)n1. The molecule has 1 unspecified atom stereocenters. The molecule has 4 rings (SSSR count). The van der Waals surface area contributed by atoms with Gasteiger partial charge in [-0.15, -0.1) is 24.8 Å². The van der Waals surface area contributed by atoms with E-state index in [9.17, 15) is 0 Å². The summed E-state index contributed by atoms with van der Waals surface area (Å²) >= 11 is 0. The van der Waals surface area contributed by atoms with Gasteiger partial charge in [0.1, 0.15) is 12.7 Å². The number of halogens is 2. The minimum atomic E-state index is 0. The molecule has 1 spiro atoms. The summed E-state index contributed by atoms with van der Waals surface area (Å²) in [6.45, 7) is 9.89. The van der Waals surface area contributed by atoms with Crippen LogP contribution in [0.2, 0.25) is 0 Å². The summed E-state index contributed by atoms with van der Waals surface area (Å²) in [6, 6.07) is 0.717. The molecule has 0 aliphatic carbocycles. The molecular formula is C17H32Cl2N6O. The van der Waals surface area contributed by atoms with Crippen LogP contribution in [0.1, 0.15) is 25.7 Å². The van der Waals surface area contributed by atoms with Crippen LogP contribution >= 0.6 is 24.8 Å². The molecule has 7 nitrogen and oxygen atoms in total. The number of hydrogen-bond donors (Lipinski definition) is 1. The Balaban J connectivity index is 0.00000121. The molecule has 1 atom stereocenters. The predicted octanol–water partition coefficient (Wildman–Crippen LogP) is 1.04. The monoisotopic (exact) mass is 406 g/mol. The van der Waals surface area contributed by atoms with Crippen molar-refractivity contribution in [3.8, 4) is 0 Å². The number of rotatable bonds is 4. The molecule has 0 saturated carbocycles. The van der Waals surface area contributed by atoms with Gasteiger partial charge in [0, 0.05) is 45.4 Å². The zero-order chi connectivity index (χ0) is 16.2. The number of nitrogens with zero attached hydrogens (tertiary/aromatic N) is 5. The summed E-state index contributed by atoms with van der Waals surface area (Å²) < 4.78 is 8.16. The van der Waals surface area contributed by atoms with Crippen molar-refractivity contribution in [1.82, 2.24) is 29.9 Å². The lowest BCUT2D eigenvalue weighted by Crippen LogP contribution is -2.56. The average molecular weight is 407 g/mol. The number of piperidine rings is 1. The summed E-state index contributed by atoms with van der Waals surface area (Å²) in [6.07, 6.45) is 8.21. The fraction of sp³-hybridized carbons (Fsp3) is 0.882. The molecule has 0 amide bonds. The normalized spacial score (nSPS) is 26.8. The fourth-order valence-corrected chi connectivity index (χ4v) is 4.49. The van der Waals surface area contributed by atoms with E-state index in [0.717, 1.165) is 32.8 Å². The van der Waals surface area contributed by atoms with E-state index in [0.29, 0.717) is 6.04 Å². The van der Waals surface area contributed by atoms with E-state index in [-0.39, 0.29) is 30.4 Å². The van der Waals surface area contributed by atoms with Crippen molar-refractivity contribution in [1.29, 1.82) is 0 Å². The third-order valence-corrected chi connectivity index (χ3v) is 6.02. The molecule has 4 heterocycles. The van der Waals surface area contributed by atoms with E-state index < -0.39 is 0 Å². The fourth-order valence-electron chi connectivity index (χ4n) is 4.49. The molecule has 26 heavy (non-hydrogen) atoms. The second-order valence-corrected chi connectivity index (χ2v) is 7.46. The molecule has 1 aromatic rings. The molecule has 150 valence electrons. The van der Waals surface area contributed by atoms with Crippen LogP contribution in [0.5, 0.6) is 0 Å². The van der Waals surface area contributed by atoms with Crippen molar-refractivity contribution in [2.45, 2.75) is 43.9 Å². The lowest BCUT2D eigenvalue weighted by atomic mass is 9.82. The minimum absolute atomic E-state index is 0. The van der Waals surface area contributed by atoms with E-state index in [1.807, 2.05) is 4.68 Å².